The van der Waals surface area contributed by atoms with Gasteiger partial charge in [-0.3, -0.25) is 0 Å². The molecule has 1 N–H and O–H groups in total. The normalized spacial score (nSPS) is 17.2. The molecule has 9 heteroatoms. The highest BCUT2D eigenvalue weighted by Crippen LogP contribution is 2.35. The molecule has 2 aliphatic heterocycles. The first-order valence-corrected chi connectivity index (χ1v) is 11.0. The molecule has 2 aliphatic rings. The van der Waals surface area contributed by atoms with E-state index >= 15 is 0 Å². The molecular formula is C20H15BrClN5OS. The van der Waals surface area contributed by atoms with Crippen molar-refractivity contribution in [3.05, 3.63) is 68.9 Å². The van der Waals surface area contributed by atoms with Crippen molar-refractivity contribution in [1.29, 1.82) is 0 Å². The van der Waals surface area contributed by atoms with Crippen LogP contribution in [0.15, 0.2) is 62.8 Å². The number of rotatable bonds is 4. The molecule has 29 heavy (non-hydrogen) atoms. The molecule has 0 bridgehead atoms. The van der Waals surface area contributed by atoms with Crippen LogP contribution in [0.25, 0.3) is 6.08 Å². The van der Waals surface area contributed by atoms with Crippen molar-refractivity contribution in [3.63, 3.8) is 0 Å². The van der Waals surface area contributed by atoms with Crippen LogP contribution in [-0.4, -0.2) is 32.9 Å². The number of nitrogens with zero attached hydrogens (tertiary/aromatic N) is 4. The average Bonchev–Trinajstić information content (AvgIpc) is 3.15. The Bertz CT molecular complexity index is 1130. The maximum absolute atomic E-state index is 5.93. The second-order valence-corrected chi connectivity index (χ2v) is 9.02. The summed E-state index contributed by atoms with van der Waals surface area (Å²) >= 11 is 11.1. The van der Waals surface area contributed by atoms with Crippen molar-refractivity contribution in [1.82, 2.24) is 14.9 Å². The summed E-state index contributed by atoms with van der Waals surface area (Å²) in [6.07, 6.45) is 4.09. The molecule has 2 aromatic carbocycles. The largest absolute Gasteiger partial charge is 0.489 e. The molecule has 0 amide bonds. The van der Waals surface area contributed by atoms with Gasteiger partial charge in [0.1, 0.15) is 12.4 Å². The molecule has 0 fully saturated rings. The molecular weight excluding hydrogens is 474 g/mol. The molecule has 1 unspecified atom stereocenters. The summed E-state index contributed by atoms with van der Waals surface area (Å²) in [5.74, 6) is 1.65. The number of anilines is 1. The maximum atomic E-state index is 5.93. The van der Waals surface area contributed by atoms with E-state index in [0.29, 0.717) is 18.2 Å². The van der Waals surface area contributed by atoms with Gasteiger partial charge in [0.05, 0.1) is 11.8 Å². The number of hydrogen-bond donors (Lipinski definition) is 1. The van der Waals surface area contributed by atoms with E-state index in [2.05, 4.69) is 48.7 Å². The molecule has 0 radical (unpaired) electrons. The maximum Gasteiger partial charge on any atom is 0.213 e. The molecule has 3 aromatic rings. The first kappa shape index (κ1) is 18.7. The number of aromatic nitrogens is 3. The van der Waals surface area contributed by atoms with Gasteiger partial charge in [-0.15, -0.1) is 10.2 Å². The number of hydrogen-bond acceptors (Lipinski definition) is 6. The van der Waals surface area contributed by atoms with E-state index in [-0.39, 0.29) is 5.25 Å². The van der Waals surface area contributed by atoms with Crippen LogP contribution < -0.4 is 10.1 Å². The second-order valence-electron chi connectivity index (χ2n) is 6.56. The van der Waals surface area contributed by atoms with E-state index in [1.807, 2.05) is 42.6 Å². The van der Waals surface area contributed by atoms with E-state index in [1.165, 1.54) is 0 Å². The molecule has 1 atom stereocenters. The number of benzene rings is 2. The Hall–Kier alpha value is -2.29. The van der Waals surface area contributed by atoms with Crippen LogP contribution in [0.1, 0.15) is 11.4 Å². The summed E-state index contributed by atoms with van der Waals surface area (Å²) in [5.41, 5.74) is 3.18. The lowest BCUT2D eigenvalue weighted by molar-refractivity contribution is 0.346. The Kier molecular flexibility index (Phi) is 5.07. The fourth-order valence-electron chi connectivity index (χ4n) is 3.12. The Morgan fingerprint density at radius 3 is 2.93 bits per heavy atom. The van der Waals surface area contributed by atoms with E-state index in [0.717, 1.165) is 38.0 Å². The quantitative estimate of drug-likeness (QED) is 0.554. The molecule has 0 saturated carbocycles. The van der Waals surface area contributed by atoms with Gasteiger partial charge in [0.15, 0.2) is 5.82 Å². The number of fused-ring (bicyclic) bond motifs is 2. The molecule has 0 saturated heterocycles. The van der Waals surface area contributed by atoms with Crippen LogP contribution in [0.4, 0.5) is 5.69 Å². The van der Waals surface area contributed by atoms with Gasteiger partial charge >= 0.3 is 0 Å². The van der Waals surface area contributed by atoms with Gasteiger partial charge in [-0.1, -0.05) is 39.3 Å². The van der Waals surface area contributed by atoms with Crippen molar-refractivity contribution in [2.75, 3.05) is 11.9 Å². The molecule has 6 nitrogen and oxygen atoms in total. The fourth-order valence-corrected chi connectivity index (χ4v) is 4.59. The van der Waals surface area contributed by atoms with Crippen molar-refractivity contribution < 1.29 is 4.74 Å². The summed E-state index contributed by atoms with van der Waals surface area (Å²) in [7, 11) is 0. The van der Waals surface area contributed by atoms with E-state index < -0.39 is 0 Å². The zero-order chi connectivity index (χ0) is 19.8. The highest BCUT2D eigenvalue weighted by Gasteiger charge is 2.26. The van der Waals surface area contributed by atoms with E-state index in [1.54, 1.807) is 16.4 Å². The standard InChI is InChI=1S/C20H15BrClN5OS/c21-14-1-6-17-12(8-14)7-13(11-28-17)18-9-24-27-19(25-26-20(27)29-18)10-23-16-4-2-15(22)3-5-16/h1-9,18,23H,10-11H2. The number of nitrogens with one attached hydrogen (secondary N) is 1. The van der Waals surface area contributed by atoms with Crippen molar-refractivity contribution in [3.8, 4) is 5.75 Å². The first-order chi connectivity index (χ1) is 14.2. The van der Waals surface area contributed by atoms with Gasteiger partial charge in [0.25, 0.3) is 0 Å². The second kappa shape index (κ2) is 7.85. The van der Waals surface area contributed by atoms with Crippen LogP contribution in [0, 0.1) is 0 Å². The summed E-state index contributed by atoms with van der Waals surface area (Å²) < 4.78 is 8.71. The van der Waals surface area contributed by atoms with Gasteiger partial charge < -0.3 is 10.1 Å². The zero-order valence-electron chi connectivity index (χ0n) is 15.0. The molecule has 146 valence electrons. The summed E-state index contributed by atoms with van der Waals surface area (Å²) in [5, 5.41) is 18.0. The Balaban J connectivity index is 1.31. The number of thioether (sulfide) groups is 1. The van der Waals surface area contributed by atoms with E-state index in [9.17, 15) is 0 Å². The van der Waals surface area contributed by atoms with E-state index in [4.69, 9.17) is 16.3 Å². The van der Waals surface area contributed by atoms with Gasteiger partial charge in [-0.25, -0.2) is 0 Å². The molecule has 5 rings (SSSR count). The van der Waals surface area contributed by atoms with Crippen LogP contribution in [-0.2, 0) is 6.54 Å². The number of halogens is 2. The molecule has 1 aromatic heterocycles. The smallest absolute Gasteiger partial charge is 0.213 e. The van der Waals surface area contributed by atoms with Gasteiger partial charge in [0, 0.05) is 27.0 Å². The lowest BCUT2D eigenvalue weighted by Crippen LogP contribution is -2.22. The third kappa shape index (κ3) is 3.92. The van der Waals surface area contributed by atoms with Gasteiger partial charge in [0.2, 0.25) is 5.16 Å². The minimum absolute atomic E-state index is 0.0657. The van der Waals surface area contributed by atoms with Crippen molar-refractivity contribution in [2.24, 2.45) is 5.10 Å². The van der Waals surface area contributed by atoms with Crippen LogP contribution in [0.2, 0.25) is 5.02 Å². The minimum atomic E-state index is 0.0657. The summed E-state index contributed by atoms with van der Waals surface area (Å²) in [6.45, 7) is 1.06. The Morgan fingerprint density at radius 1 is 1.21 bits per heavy atom. The predicted octanol–water partition coefficient (Wildman–Crippen LogP) is 5.09. The zero-order valence-corrected chi connectivity index (χ0v) is 18.2. The SMILES string of the molecule is Clc1ccc(NCc2nnc3n2N=CC(C2=Cc4cc(Br)ccc4OC2)S3)cc1. The lowest BCUT2D eigenvalue weighted by atomic mass is 10.1. The van der Waals surface area contributed by atoms with Crippen LogP contribution in [0.3, 0.4) is 0 Å². The monoisotopic (exact) mass is 487 g/mol. The van der Waals surface area contributed by atoms with Gasteiger partial charge in [-0.2, -0.15) is 9.78 Å². The van der Waals surface area contributed by atoms with Crippen molar-refractivity contribution in [2.45, 2.75) is 17.0 Å². The lowest BCUT2D eigenvalue weighted by Gasteiger charge is -2.23. The fraction of sp³-hybridized carbons (Fsp3) is 0.150. The molecule has 3 heterocycles. The average molecular weight is 489 g/mol. The molecule has 0 spiro atoms. The highest BCUT2D eigenvalue weighted by atomic mass is 79.9. The highest BCUT2D eigenvalue weighted by molar-refractivity contribution is 9.10. The predicted molar refractivity (Wildman–Crippen MR) is 120 cm³/mol. The van der Waals surface area contributed by atoms with Crippen LogP contribution >= 0.6 is 39.3 Å². The Labute approximate surface area is 185 Å². The van der Waals surface area contributed by atoms with Gasteiger partial charge in [-0.05, 0) is 54.1 Å². The Morgan fingerprint density at radius 2 is 2.07 bits per heavy atom. The third-order valence-electron chi connectivity index (χ3n) is 4.59. The van der Waals surface area contributed by atoms with Crippen molar-refractivity contribution >= 4 is 57.3 Å². The van der Waals surface area contributed by atoms with Crippen LogP contribution in [0.5, 0.6) is 5.75 Å². The first-order valence-electron chi connectivity index (χ1n) is 8.93. The third-order valence-corrected chi connectivity index (χ3v) is 6.48. The summed E-state index contributed by atoms with van der Waals surface area (Å²) in [4.78, 5) is 0. The summed E-state index contributed by atoms with van der Waals surface area (Å²) in [6, 6.07) is 13.6. The topological polar surface area (TPSA) is 64.3 Å². The number of ether oxygens (including phenoxy) is 1. The minimum Gasteiger partial charge on any atom is -0.489 e. The molecule has 0 aliphatic carbocycles.